The lowest BCUT2D eigenvalue weighted by atomic mass is 9.99. The van der Waals surface area contributed by atoms with Crippen molar-refractivity contribution in [1.29, 1.82) is 5.26 Å². The van der Waals surface area contributed by atoms with Crippen molar-refractivity contribution in [2.45, 2.75) is 65.5 Å². The molecule has 1 aliphatic heterocycles. The molecule has 1 N–H and O–H groups in total. The summed E-state index contributed by atoms with van der Waals surface area (Å²) < 4.78 is 1.84. The van der Waals surface area contributed by atoms with Gasteiger partial charge in [0.2, 0.25) is 11.8 Å². The molecule has 1 aromatic carbocycles. The van der Waals surface area contributed by atoms with E-state index in [2.05, 4.69) is 28.6 Å². The average molecular weight is 422 g/mol. The van der Waals surface area contributed by atoms with Gasteiger partial charge in [0.15, 0.2) is 0 Å². The third-order valence-corrected chi connectivity index (χ3v) is 5.94. The van der Waals surface area contributed by atoms with Crippen LogP contribution in [0.5, 0.6) is 0 Å². The highest BCUT2D eigenvalue weighted by Crippen LogP contribution is 2.19. The molecule has 0 aliphatic carbocycles. The second-order valence-electron chi connectivity index (χ2n) is 8.07. The third kappa shape index (κ3) is 5.94. The van der Waals surface area contributed by atoms with Crippen molar-refractivity contribution in [3.05, 3.63) is 52.3 Å². The van der Waals surface area contributed by atoms with Crippen molar-refractivity contribution in [1.82, 2.24) is 20.0 Å². The molecule has 7 nitrogen and oxygen atoms in total. The number of rotatable bonds is 9. The smallest absolute Gasteiger partial charge is 0.222 e. The van der Waals surface area contributed by atoms with Gasteiger partial charge in [0.1, 0.15) is 0 Å². The summed E-state index contributed by atoms with van der Waals surface area (Å²) in [5.41, 5.74) is 5.58. The first-order chi connectivity index (χ1) is 15.0. The number of amides is 2. The number of nitrogens with zero attached hydrogens (tertiary/aromatic N) is 4. The number of aromatic nitrogens is 2. The van der Waals surface area contributed by atoms with Crippen LogP contribution in [0.2, 0.25) is 0 Å². The van der Waals surface area contributed by atoms with Gasteiger partial charge in [-0.3, -0.25) is 14.3 Å². The van der Waals surface area contributed by atoms with Gasteiger partial charge in [0.05, 0.1) is 24.7 Å². The van der Waals surface area contributed by atoms with E-state index in [-0.39, 0.29) is 11.8 Å². The first-order valence-corrected chi connectivity index (χ1v) is 11.0. The van der Waals surface area contributed by atoms with Crippen LogP contribution in [-0.4, -0.2) is 39.6 Å². The molecule has 0 saturated heterocycles. The van der Waals surface area contributed by atoms with Gasteiger partial charge in [-0.2, -0.15) is 10.4 Å². The van der Waals surface area contributed by atoms with E-state index in [1.54, 1.807) is 0 Å². The molecule has 2 heterocycles. The monoisotopic (exact) mass is 421 g/mol. The Balaban J connectivity index is 1.36. The highest BCUT2D eigenvalue weighted by Gasteiger charge is 2.20. The summed E-state index contributed by atoms with van der Waals surface area (Å²) in [6, 6.07) is 10.4. The van der Waals surface area contributed by atoms with Gasteiger partial charge in [-0.05, 0) is 49.8 Å². The van der Waals surface area contributed by atoms with Gasteiger partial charge in [-0.1, -0.05) is 24.3 Å². The Morgan fingerprint density at radius 3 is 2.74 bits per heavy atom. The molecule has 0 fully saturated rings. The molecule has 2 aromatic rings. The maximum absolute atomic E-state index is 12.5. The van der Waals surface area contributed by atoms with E-state index < -0.39 is 0 Å². The number of benzene rings is 1. The summed E-state index contributed by atoms with van der Waals surface area (Å²) in [4.78, 5) is 26.6. The molecule has 31 heavy (non-hydrogen) atoms. The maximum Gasteiger partial charge on any atom is 0.222 e. The van der Waals surface area contributed by atoms with Gasteiger partial charge in [-0.15, -0.1) is 0 Å². The Labute approximate surface area is 184 Å². The van der Waals surface area contributed by atoms with Crippen LogP contribution in [0, 0.1) is 25.2 Å². The highest BCUT2D eigenvalue weighted by molar-refractivity contribution is 5.77. The zero-order chi connectivity index (χ0) is 22.2. The summed E-state index contributed by atoms with van der Waals surface area (Å²) >= 11 is 0. The van der Waals surface area contributed by atoms with Crippen molar-refractivity contribution in [3.8, 4) is 6.07 Å². The summed E-state index contributed by atoms with van der Waals surface area (Å²) in [6.45, 7) is 6.45. The highest BCUT2D eigenvalue weighted by atomic mass is 16.2. The van der Waals surface area contributed by atoms with Crippen LogP contribution in [0.4, 0.5) is 0 Å². The molecule has 2 amide bonds. The van der Waals surface area contributed by atoms with E-state index in [4.69, 9.17) is 5.26 Å². The van der Waals surface area contributed by atoms with E-state index in [1.807, 2.05) is 35.6 Å². The minimum atomic E-state index is -0.0112. The fraction of sp³-hybridized carbons (Fsp3) is 0.500. The molecule has 0 unspecified atom stereocenters. The number of carbonyl (C=O) groups excluding carboxylic acids is 2. The molecule has 0 spiro atoms. The Kier molecular flexibility index (Phi) is 7.82. The molecule has 0 atom stereocenters. The van der Waals surface area contributed by atoms with Crippen LogP contribution in [0.25, 0.3) is 0 Å². The second kappa shape index (κ2) is 10.8. The Bertz CT molecular complexity index is 973. The minimum Gasteiger partial charge on any atom is -0.356 e. The van der Waals surface area contributed by atoms with Crippen LogP contribution in [0.1, 0.15) is 53.8 Å². The standard InChI is InChI=1S/C24H31N5O2/c1-18-22(19(2)29(27-18)15-6-13-25)10-11-23(30)26-14-5-9-24(31)28-16-12-20-7-3-4-8-21(20)17-28/h3-4,7-8H,5-6,9-12,14-17H2,1-2H3,(H,26,30). The van der Waals surface area contributed by atoms with E-state index in [1.165, 1.54) is 11.1 Å². The number of carbonyl (C=O) groups is 2. The van der Waals surface area contributed by atoms with E-state index >= 15 is 0 Å². The number of nitriles is 1. The van der Waals surface area contributed by atoms with Gasteiger partial charge in [0.25, 0.3) is 0 Å². The molecule has 164 valence electrons. The van der Waals surface area contributed by atoms with Crippen LogP contribution in [0.15, 0.2) is 24.3 Å². The summed E-state index contributed by atoms with van der Waals surface area (Å²) in [5.74, 6) is 0.141. The van der Waals surface area contributed by atoms with Crippen molar-refractivity contribution in [3.63, 3.8) is 0 Å². The zero-order valence-corrected chi connectivity index (χ0v) is 18.5. The first-order valence-electron chi connectivity index (χ1n) is 11.0. The quantitative estimate of drug-likeness (QED) is 0.630. The summed E-state index contributed by atoms with van der Waals surface area (Å²) in [7, 11) is 0. The maximum atomic E-state index is 12.5. The molecule has 0 saturated carbocycles. The molecule has 1 aromatic heterocycles. The van der Waals surface area contributed by atoms with Crippen molar-refractivity contribution in [2.75, 3.05) is 13.1 Å². The molecule has 0 bridgehead atoms. The number of hydrogen-bond donors (Lipinski definition) is 1. The minimum absolute atomic E-state index is 0.0112. The van der Waals surface area contributed by atoms with Crippen LogP contribution < -0.4 is 5.32 Å². The molecule has 3 rings (SSSR count). The van der Waals surface area contributed by atoms with Crippen molar-refractivity contribution in [2.24, 2.45) is 0 Å². The van der Waals surface area contributed by atoms with Gasteiger partial charge in [0, 0.05) is 38.2 Å². The van der Waals surface area contributed by atoms with Crippen molar-refractivity contribution >= 4 is 11.8 Å². The van der Waals surface area contributed by atoms with Crippen LogP contribution in [-0.2, 0) is 35.5 Å². The average Bonchev–Trinajstić information content (AvgIpc) is 3.05. The van der Waals surface area contributed by atoms with Gasteiger partial charge in [-0.25, -0.2) is 0 Å². The topological polar surface area (TPSA) is 91.0 Å². The summed E-state index contributed by atoms with van der Waals surface area (Å²) in [6.07, 6.45) is 3.44. The second-order valence-corrected chi connectivity index (χ2v) is 8.07. The van der Waals surface area contributed by atoms with Crippen LogP contribution >= 0.6 is 0 Å². The molecule has 7 heteroatoms. The van der Waals surface area contributed by atoms with E-state index in [0.29, 0.717) is 51.7 Å². The molecular weight excluding hydrogens is 390 g/mol. The fourth-order valence-corrected chi connectivity index (χ4v) is 4.13. The Hall–Kier alpha value is -3.14. The zero-order valence-electron chi connectivity index (χ0n) is 18.5. The third-order valence-electron chi connectivity index (χ3n) is 5.94. The summed E-state index contributed by atoms with van der Waals surface area (Å²) in [5, 5.41) is 16.2. The lowest BCUT2D eigenvalue weighted by Gasteiger charge is -2.29. The first kappa shape index (κ1) is 22.5. The fourth-order valence-electron chi connectivity index (χ4n) is 4.13. The van der Waals surface area contributed by atoms with E-state index in [9.17, 15) is 9.59 Å². The largest absolute Gasteiger partial charge is 0.356 e. The predicted molar refractivity (Wildman–Crippen MR) is 118 cm³/mol. The molecule has 1 aliphatic rings. The molecular formula is C24H31N5O2. The number of hydrogen-bond acceptors (Lipinski definition) is 4. The van der Waals surface area contributed by atoms with Gasteiger partial charge >= 0.3 is 0 Å². The van der Waals surface area contributed by atoms with Crippen molar-refractivity contribution < 1.29 is 9.59 Å². The normalized spacial score (nSPS) is 12.9. The van der Waals surface area contributed by atoms with Gasteiger partial charge < -0.3 is 10.2 Å². The van der Waals surface area contributed by atoms with E-state index in [0.717, 1.165) is 29.9 Å². The lowest BCUT2D eigenvalue weighted by molar-refractivity contribution is -0.132. The number of nitrogens with one attached hydrogen (secondary N) is 1. The molecule has 0 radical (unpaired) electrons. The number of aryl methyl sites for hydroxylation is 2. The predicted octanol–water partition coefficient (Wildman–Crippen LogP) is 2.83. The number of fused-ring (bicyclic) bond motifs is 1. The SMILES string of the molecule is Cc1nn(CCC#N)c(C)c1CCC(=O)NCCCC(=O)N1CCc2ccccc2C1. The Morgan fingerprint density at radius 1 is 1.19 bits per heavy atom. The Morgan fingerprint density at radius 2 is 1.97 bits per heavy atom. The lowest BCUT2D eigenvalue weighted by Crippen LogP contribution is -2.36. The van der Waals surface area contributed by atoms with Crippen LogP contribution in [0.3, 0.4) is 0 Å².